The molecule has 1 saturated carbocycles. The van der Waals surface area contributed by atoms with Gasteiger partial charge in [-0.05, 0) is 36.5 Å². The number of aromatic nitrogens is 1. The van der Waals surface area contributed by atoms with Crippen LogP contribution in [0.2, 0.25) is 0 Å². The first-order valence-corrected chi connectivity index (χ1v) is 9.02. The summed E-state index contributed by atoms with van der Waals surface area (Å²) in [5.74, 6) is 1.91. The van der Waals surface area contributed by atoms with Crippen LogP contribution in [0, 0.1) is 5.92 Å². The molecule has 2 atom stereocenters. The van der Waals surface area contributed by atoms with Gasteiger partial charge in [-0.2, -0.15) is 0 Å². The number of hydrogen-bond donors (Lipinski definition) is 1. The molecule has 1 aromatic carbocycles. The van der Waals surface area contributed by atoms with Gasteiger partial charge in [0, 0.05) is 19.3 Å². The van der Waals surface area contributed by atoms with Gasteiger partial charge < -0.3 is 19.5 Å². The van der Waals surface area contributed by atoms with Crippen molar-refractivity contribution in [2.24, 2.45) is 5.92 Å². The van der Waals surface area contributed by atoms with Crippen LogP contribution >= 0.6 is 0 Å². The molecule has 132 valence electrons. The van der Waals surface area contributed by atoms with Crippen LogP contribution < -0.4 is 14.8 Å². The van der Waals surface area contributed by atoms with Gasteiger partial charge in [-0.1, -0.05) is 30.3 Å². The molecule has 1 N–H and O–H groups in total. The van der Waals surface area contributed by atoms with E-state index in [4.69, 9.17) is 14.2 Å². The molecule has 5 heteroatoms. The van der Waals surface area contributed by atoms with Crippen LogP contribution in [-0.4, -0.2) is 37.4 Å². The molecule has 5 nitrogen and oxygen atoms in total. The van der Waals surface area contributed by atoms with Crippen molar-refractivity contribution in [2.75, 3.05) is 26.3 Å². The summed E-state index contributed by atoms with van der Waals surface area (Å²) >= 11 is 0. The van der Waals surface area contributed by atoms with E-state index in [1.807, 2.05) is 30.3 Å². The summed E-state index contributed by atoms with van der Waals surface area (Å²) in [4.78, 5) is 4.37. The number of rotatable bonds is 7. The smallest absolute Gasteiger partial charge is 0.257 e. The molecule has 0 radical (unpaired) electrons. The van der Waals surface area contributed by atoms with Crippen LogP contribution in [0.15, 0.2) is 48.7 Å². The maximum absolute atomic E-state index is 6.37. The van der Waals surface area contributed by atoms with Gasteiger partial charge in [0.15, 0.2) is 11.9 Å². The van der Waals surface area contributed by atoms with Gasteiger partial charge in [0.25, 0.3) is 5.88 Å². The maximum Gasteiger partial charge on any atom is 0.257 e. The molecule has 1 unspecified atom stereocenters. The number of nitrogens with zero attached hydrogens (tertiary/aromatic N) is 1. The minimum absolute atomic E-state index is 0.0485. The topological polar surface area (TPSA) is 52.6 Å². The Labute approximate surface area is 148 Å². The summed E-state index contributed by atoms with van der Waals surface area (Å²) in [6, 6.07) is 14.0. The Hall–Kier alpha value is -2.11. The number of nitrogens with one attached hydrogen (secondary N) is 1. The van der Waals surface area contributed by atoms with Gasteiger partial charge in [-0.25, -0.2) is 4.98 Å². The van der Waals surface area contributed by atoms with E-state index in [0.717, 1.165) is 18.7 Å². The molecule has 2 fully saturated rings. The van der Waals surface area contributed by atoms with E-state index in [1.165, 1.54) is 12.8 Å². The van der Waals surface area contributed by atoms with E-state index in [1.54, 1.807) is 6.20 Å². The highest BCUT2D eigenvalue weighted by Gasteiger charge is 2.29. The SMILES string of the molecule is c1ccc(C(Oc2cccnc2OCC2CC2)[C@@H]2CNCCO2)cc1. The summed E-state index contributed by atoms with van der Waals surface area (Å²) in [5, 5.41) is 3.38. The molecule has 2 aliphatic rings. The first kappa shape index (κ1) is 16.4. The van der Waals surface area contributed by atoms with Crippen LogP contribution in [0.3, 0.4) is 0 Å². The number of morpholine rings is 1. The second-order valence-corrected chi connectivity index (χ2v) is 6.62. The molecule has 2 aromatic rings. The number of ether oxygens (including phenoxy) is 3. The van der Waals surface area contributed by atoms with Gasteiger partial charge >= 0.3 is 0 Å². The third-order valence-electron chi connectivity index (χ3n) is 4.56. The lowest BCUT2D eigenvalue weighted by Crippen LogP contribution is -2.43. The fourth-order valence-corrected chi connectivity index (χ4v) is 2.97. The summed E-state index contributed by atoms with van der Waals surface area (Å²) in [7, 11) is 0. The lowest BCUT2D eigenvalue weighted by Gasteiger charge is -2.31. The van der Waals surface area contributed by atoms with E-state index in [2.05, 4.69) is 22.4 Å². The molecular formula is C20H24N2O3. The molecule has 1 aliphatic carbocycles. The number of hydrogen-bond acceptors (Lipinski definition) is 5. The predicted octanol–water partition coefficient (Wildman–Crippen LogP) is 2.98. The van der Waals surface area contributed by atoms with Crippen molar-refractivity contribution in [3.63, 3.8) is 0 Å². The van der Waals surface area contributed by atoms with Crippen molar-refractivity contribution in [1.82, 2.24) is 10.3 Å². The second kappa shape index (κ2) is 7.85. The molecule has 0 spiro atoms. The first-order chi connectivity index (χ1) is 12.4. The fourth-order valence-electron chi connectivity index (χ4n) is 2.97. The van der Waals surface area contributed by atoms with Crippen LogP contribution in [0.4, 0.5) is 0 Å². The Kier molecular flexibility index (Phi) is 5.14. The van der Waals surface area contributed by atoms with Crippen molar-refractivity contribution in [3.05, 3.63) is 54.2 Å². The maximum atomic E-state index is 6.37. The summed E-state index contributed by atoms with van der Waals surface area (Å²) < 4.78 is 18.2. The molecule has 2 heterocycles. The normalized spacial score (nSPS) is 21.5. The highest BCUT2D eigenvalue weighted by atomic mass is 16.6. The molecule has 0 bridgehead atoms. The minimum Gasteiger partial charge on any atom is -0.477 e. The van der Waals surface area contributed by atoms with E-state index in [-0.39, 0.29) is 12.2 Å². The zero-order chi connectivity index (χ0) is 16.9. The van der Waals surface area contributed by atoms with E-state index in [9.17, 15) is 0 Å². The molecule has 25 heavy (non-hydrogen) atoms. The van der Waals surface area contributed by atoms with Crippen LogP contribution in [0.5, 0.6) is 11.6 Å². The Morgan fingerprint density at radius 3 is 2.80 bits per heavy atom. The number of pyridine rings is 1. The van der Waals surface area contributed by atoms with E-state index in [0.29, 0.717) is 30.8 Å². The Morgan fingerprint density at radius 1 is 1.16 bits per heavy atom. The van der Waals surface area contributed by atoms with Gasteiger partial charge in [-0.3, -0.25) is 0 Å². The Bertz CT molecular complexity index is 670. The monoisotopic (exact) mass is 340 g/mol. The minimum atomic E-state index is -0.207. The van der Waals surface area contributed by atoms with Crippen molar-refractivity contribution in [2.45, 2.75) is 25.0 Å². The van der Waals surface area contributed by atoms with Gasteiger partial charge in [0.05, 0.1) is 13.2 Å². The first-order valence-electron chi connectivity index (χ1n) is 9.02. The summed E-state index contributed by atoms with van der Waals surface area (Å²) in [6.07, 6.45) is 3.98. The quantitative estimate of drug-likeness (QED) is 0.840. The van der Waals surface area contributed by atoms with Crippen molar-refractivity contribution >= 4 is 0 Å². The molecule has 1 aromatic heterocycles. The van der Waals surface area contributed by atoms with E-state index >= 15 is 0 Å². The second-order valence-electron chi connectivity index (χ2n) is 6.62. The third-order valence-corrected chi connectivity index (χ3v) is 4.56. The summed E-state index contributed by atoms with van der Waals surface area (Å²) in [6.45, 7) is 3.04. The lowest BCUT2D eigenvalue weighted by atomic mass is 10.0. The summed E-state index contributed by atoms with van der Waals surface area (Å²) in [5.41, 5.74) is 1.09. The molecule has 4 rings (SSSR count). The predicted molar refractivity (Wildman–Crippen MR) is 94.9 cm³/mol. The average Bonchev–Trinajstić information content (AvgIpc) is 3.51. The molecule has 1 saturated heterocycles. The fraction of sp³-hybridized carbons (Fsp3) is 0.450. The van der Waals surface area contributed by atoms with Crippen molar-refractivity contribution in [1.29, 1.82) is 0 Å². The Morgan fingerprint density at radius 2 is 2.04 bits per heavy atom. The third kappa shape index (κ3) is 4.30. The average molecular weight is 340 g/mol. The van der Waals surface area contributed by atoms with Gasteiger partial charge in [-0.15, -0.1) is 0 Å². The van der Waals surface area contributed by atoms with E-state index < -0.39 is 0 Å². The Balaban J connectivity index is 1.55. The van der Waals surface area contributed by atoms with Crippen LogP contribution in [0.1, 0.15) is 24.5 Å². The lowest BCUT2D eigenvalue weighted by molar-refractivity contribution is -0.0441. The molecule has 1 aliphatic heterocycles. The largest absolute Gasteiger partial charge is 0.477 e. The highest BCUT2D eigenvalue weighted by molar-refractivity contribution is 5.34. The molecular weight excluding hydrogens is 316 g/mol. The highest BCUT2D eigenvalue weighted by Crippen LogP contribution is 2.34. The van der Waals surface area contributed by atoms with Gasteiger partial charge in [0.1, 0.15) is 6.10 Å². The van der Waals surface area contributed by atoms with Crippen LogP contribution in [0.25, 0.3) is 0 Å². The van der Waals surface area contributed by atoms with Crippen molar-refractivity contribution in [3.8, 4) is 11.6 Å². The van der Waals surface area contributed by atoms with Crippen LogP contribution in [-0.2, 0) is 4.74 Å². The zero-order valence-electron chi connectivity index (χ0n) is 14.3. The molecule has 0 amide bonds. The van der Waals surface area contributed by atoms with Gasteiger partial charge in [0.2, 0.25) is 0 Å². The standard InChI is InChI=1S/C20H24N2O3/c1-2-5-16(6-3-1)19(18-13-21-11-12-23-18)25-17-7-4-10-22-20(17)24-14-15-8-9-15/h1-7,10,15,18-19,21H,8-9,11-14H2/t18-,19?/m0/s1. The number of benzene rings is 1. The van der Waals surface area contributed by atoms with Crippen molar-refractivity contribution < 1.29 is 14.2 Å². The zero-order valence-corrected chi connectivity index (χ0v) is 14.3.